The number of carbonyl (C=O) groups excluding carboxylic acids is 2. The zero-order valence-corrected chi connectivity index (χ0v) is 16.2. The van der Waals surface area contributed by atoms with E-state index in [2.05, 4.69) is 0 Å². The Bertz CT molecular complexity index is 870. The number of carbonyl (C=O) groups is 2. The molecule has 0 aromatic heterocycles. The molecule has 26 heavy (non-hydrogen) atoms. The first-order valence-electron chi connectivity index (χ1n) is 8.16. The smallest absolute Gasteiger partial charge is 0.340 e. The second kappa shape index (κ2) is 6.63. The van der Waals surface area contributed by atoms with Crippen LogP contribution in [0.3, 0.4) is 0 Å². The van der Waals surface area contributed by atoms with Crippen molar-refractivity contribution in [3.8, 4) is 0 Å². The van der Waals surface area contributed by atoms with Crippen LogP contribution in [0.1, 0.15) is 38.2 Å². The summed E-state index contributed by atoms with van der Waals surface area (Å²) in [5.74, 6) is -1.11. The van der Waals surface area contributed by atoms with Gasteiger partial charge in [0.25, 0.3) is 0 Å². The van der Waals surface area contributed by atoms with Crippen LogP contribution in [-0.4, -0.2) is 18.9 Å². The van der Waals surface area contributed by atoms with E-state index in [0.29, 0.717) is 39.8 Å². The summed E-state index contributed by atoms with van der Waals surface area (Å²) < 4.78 is 10.7. The Morgan fingerprint density at radius 1 is 1.35 bits per heavy atom. The predicted molar refractivity (Wildman–Crippen MR) is 98.6 cm³/mol. The minimum Gasteiger partial charge on any atom is -0.465 e. The van der Waals surface area contributed by atoms with Gasteiger partial charge in [0.15, 0.2) is 5.78 Å². The maximum absolute atomic E-state index is 12.8. The summed E-state index contributed by atoms with van der Waals surface area (Å²) in [6.45, 7) is 3.96. The van der Waals surface area contributed by atoms with Crippen molar-refractivity contribution in [2.75, 3.05) is 7.11 Å². The fraction of sp³-hybridized carbons (Fsp3) is 0.368. The van der Waals surface area contributed by atoms with Crippen LogP contribution < -0.4 is 5.73 Å². The molecule has 0 saturated carbocycles. The molecule has 1 aromatic rings. The van der Waals surface area contributed by atoms with Gasteiger partial charge in [-0.2, -0.15) is 0 Å². The lowest BCUT2D eigenvalue weighted by atomic mass is 9.69. The SMILES string of the molecule is COC(=O)C1=C(N)OC2=C(C(=O)CCC2(C)C)[C@@H]1c1ccc(Cl)cc1Cl. The first-order valence-corrected chi connectivity index (χ1v) is 8.91. The highest BCUT2D eigenvalue weighted by Crippen LogP contribution is 2.51. The fourth-order valence-electron chi connectivity index (χ4n) is 3.48. The minimum atomic E-state index is -0.761. The van der Waals surface area contributed by atoms with Crippen molar-refractivity contribution in [1.82, 2.24) is 0 Å². The number of esters is 1. The maximum Gasteiger partial charge on any atom is 0.340 e. The highest BCUT2D eigenvalue weighted by Gasteiger charge is 2.47. The van der Waals surface area contributed by atoms with Crippen molar-refractivity contribution in [2.24, 2.45) is 11.1 Å². The Balaban J connectivity index is 2.30. The Morgan fingerprint density at radius 3 is 2.65 bits per heavy atom. The van der Waals surface area contributed by atoms with E-state index < -0.39 is 17.3 Å². The van der Waals surface area contributed by atoms with E-state index in [4.69, 9.17) is 38.4 Å². The predicted octanol–water partition coefficient (Wildman–Crippen LogP) is 4.09. The number of hydrogen-bond donors (Lipinski definition) is 1. The number of allylic oxidation sites excluding steroid dienone is 2. The number of Topliss-reactive ketones (excluding diaryl/α,β-unsaturated/α-hetero) is 1. The van der Waals surface area contributed by atoms with Gasteiger partial charge in [0, 0.05) is 27.5 Å². The number of ether oxygens (including phenoxy) is 2. The van der Waals surface area contributed by atoms with E-state index in [1.807, 2.05) is 13.8 Å². The zero-order valence-electron chi connectivity index (χ0n) is 14.7. The third kappa shape index (κ3) is 2.99. The molecule has 0 bridgehead atoms. The van der Waals surface area contributed by atoms with Crippen LogP contribution >= 0.6 is 23.2 Å². The molecule has 0 radical (unpaired) electrons. The van der Waals surface area contributed by atoms with E-state index in [1.54, 1.807) is 18.2 Å². The van der Waals surface area contributed by atoms with E-state index >= 15 is 0 Å². The maximum atomic E-state index is 12.8. The molecule has 1 heterocycles. The average Bonchev–Trinajstić information content (AvgIpc) is 2.57. The average molecular weight is 396 g/mol. The molecule has 138 valence electrons. The van der Waals surface area contributed by atoms with E-state index in [-0.39, 0.29) is 17.2 Å². The Morgan fingerprint density at radius 2 is 2.04 bits per heavy atom. The third-order valence-electron chi connectivity index (χ3n) is 4.87. The first-order chi connectivity index (χ1) is 12.2. The molecule has 1 aromatic carbocycles. The Kier molecular flexibility index (Phi) is 4.80. The molecular formula is C19H19Cl2NO4. The van der Waals surface area contributed by atoms with Crippen LogP contribution in [-0.2, 0) is 19.1 Å². The lowest BCUT2D eigenvalue weighted by Crippen LogP contribution is -2.37. The number of ketones is 1. The molecular weight excluding hydrogens is 377 g/mol. The van der Waals surface area contributed by atoms with Gasteiger partial charge in [-0.3, -0.25) is 4.79 Å². The fourth-order valence-corrected chi connectivity index (χ4v) is 3.99. The van der Waals surface area contributed by atoms with Gasteiger partial charge in [-0.25, -0.2) is 4.79 Å². The number of rotatable bonds is 2. The standard InChI is InChI=1S/C19H19Cl2NO4/c1-19(2)7-6-12(23)14-13(10-5-4-9(20)8-11(10)21)15(18(24)25-3)17(22)26-16(14)19/h4-5,8,13H,6-7,22H2,1-3H3/t13-/m0/s1. The van der Waals surface area contributed by atoms with Crippen LogP contribution in [0.25, 0.3) is 0 Å². The monoisotopic (exact) mass is 395 g/mol. The topological polar surface area (TPSA) is 78.6 Å². The largest absolute Gasteiger partial charge is 0.465 e. The lowest BCUT2D eigenvalue weighted by molar-refractivity contribution is -0.136. The van der Waals surface area contributed by atoms with Crippen molar-refractivity contribution < 1.29 is 19.1 Å². The molecule has 1 atom stereocenters. The number of halogens is 2. The van der Waals surface area contributed by atoms with Crippen LogP contribution in [0.15, 0.2) is 41.0 Å². The molecule has 7 heteroatoms. The molecule has 5 nitrogen and oxygen atoms in total. The van der Waals surface area contributed by atoms with Gasteiger partial charge in [0.1, 0.15) is 11.3 Å². The number of benzene rings is 1. The summed E-state index contributed by atoms with van der Waals surface area (Å²) in [6.07, 6.45) is 0.984. The number of methoxy groups -OCH3 is 1. The number of hydrogen-bond acceptors (Lipinski definition) is 5. The first kappa shape index (κ1) is 18.8. The summed E-state index contributed by atoms with van der Waals surface area (Å²) >= 11 is 12.4. The zero-order chi connectivity index (χ0) is 19.2. The van der Waals surface area contributed by atoms with Crippen LogP contribution in [0.2, 0.25) is 10.0 Å². The molecule has 0 amide bonds. The van der Waals surface area contributed by atoms with Crippen molar-refractivity contribution in [2.45, 2.75) is 32.6 Å². The molecule has 0 unspecified atom stereocenters. The molecule has 3 rings (SSSR count). The van der Waals surface area contributed by atoms with Crippen LogP contribution in [0, 0.1) is 5.41 Å². The van der Waals surface area contributed by atoms with E-state index in [0.717, 1.165) is 0 Å². The highest BCUT2D eigenvalue weighted by molar-refractivity contribution is 6.35. The van der Waals surface area contributed by atoms with Gasteiger partial charge >= 0.3 is 5.97 Å². The van der Waals surface area contributed by atoms with Crippen molar-refractivity contribution in [3.63, 3.8) is 0 Å². The Hall–Kier alpha value is -1.98. The normalized spacial score (nSPS) is 22.0. The lowest BCUT2D eigenvalue weighted by Gasteiger charge is -2.39. The van der Waals surface area contributed by atoms with E-state index in [9.17, 15) is 9.59 Å². The molecule has 1 aliphatic carbocycles. The molecule has 0 fully saturated rings. The van der Waals surface area contributed by atoms with Crippen LogP contribution in [0.5, 0.6) is 0 Å². The van der Waals surface area contributed by atoms with E-state index in [1.165, 1.54) is 7.11 Å². The van der Waals surface area contributed by atoms with Crippen LogP contribution in [0.4, 0.5) is 0 Å². The molecule has 1 aliphatic heterocycles. The Labute approximate surface area is 161 Å². The van der Waals surface area contributed by atoms with Gasteiger partial charge in [-0.05, 0) is 24.1 Å². The highest BCUT2D eigenvalue weighted by atomic mass is 35.5. The van der Waals surface area contributed by atoms with Gasteiger partial charge in [-0.15, -0.1) is 0 Å². The minimum absolute atomic E-state index is 0.0709. The number of nitrogens with two attached hydrogens (primary N) is 1. The molecule has 2 N–H and O–H groups in total. The molecule has 0 saturated heterocycles. The van der Waals surface area contributed by atoms with Gasteiger partial charge < -0.3 is 15.2 Å². The molecule has 0 spiro atoms. The summed E-state index contributed by atoms with van der Waals surface area (Å²) in [6, 6.07) is 4.91. The second-order valence-corrected chi connectivity index (χ2v) is 7.86. The van der Waals surface area contributed by atoms with Crippen molar-refractivity contribution in [3.05, 3.63) is 56.6 Å². The van der Waals surface area contributed by atoms with Crippen molar-refractivity contribution in [1.29, 1.82) is 0 Å². The summed E-state index contributed by atoms with van der Waals surface area (Å²) in [5.41, 5.74) is 6.71. The van der Waals surface area contributed by atoms with Crippen molar-refractivity contribution >= 4 is 35.0 Å². The summed E-state index contributed by atoms with van der Waals surface area (Å²) in [7, 11) is 1.25. The van der Waals surface area contributed by atoms with Gasteiger partial charge in [0.05, 0.1) is 13.0 Å². The summed E-state index contributed by atoms with van der Waals surface area (Å²) in [5, 5.41) is 0.786. The van der Waals surface area contributed by atoms with Gasteiger partial charge in [-0.1, -0.05) is 43.1 Å². The third-order valence-corrected chi connectivity index (χ3v) is 5.43. The molecule has 2 aliphatic rings. The van der Waals surface area contributed by atoms with Gasteiger partial charge in [0.2, 0.25) is 5.88 Å². The second-order valence-electron chi connectivity index (χ2n) is 7.02. The quantitative estimate of drug-likeness (QED) is 0.762. The summed E-state index contributed by atoms with van der Waals surface area (Å²) in [4.78, 5) is 25.3.